The maximum atomic E-state index is 12.8. The van der Waals surface area contributed by atoms with E-state index in [0.29, 0.717) is 11.6 Å². The third-order valence-corrected chi connectivity index (χ3v) is 4.82. The van der Waals surface area contributed by atoms with E-state index in [2.05, 4.69) is 57.9 Å². The number of aromatic nitrogens is 2. The minimum atomic E-state index is 0.000155. The highest BCUT2D eigenvalue weighted by atomic mass is 16.2. The van der Waals surface area contributed by atoms with Crippen molar-refractivity contribution in [1.82, 2.24) is 19.8 Å². The molecule has 1 saturated heterocycles. The minimum Gasteiger partial charge on any atom is -0.341 e. The Bertz CT molecular complexity index is 709. The van der Waals surface area contributed by atoms with Crippen LogP contribution in [0.1, 0.15) is 29.9 Å². The van der Waals surface area contributed by atoms with Crippen LogP contribution in [-0.2, 0) is 6.54 Å². The summed E-state index contributed by atoms with van der Waals surface area (Å²) in [7, 11) is 0. The van der Waals surface area contributed by atoms with Crippen LogP contribution in [0.5, 0.6) is 0 Å². The Hall–Kier alpha value is -2.47. The Kier molecular flexibility index (Phi) is 6.17. The van der Waals surface area contributed by atoms with Crippen LogP contribution in [0.3, 0.4) is 0 Å². The van der Waals surface area contributed by atoms with E-state index in [0.717, 1.165) is 45.8 Å². The van der Waals surface area contributed by atoms with Gasteiger partial charge in [0.15, 0.2) is 0 Å². The van der Waals surface area contributed by atoms with Crippen LogP contribution in [0.15, 0.2) is 42.6 Å². The van der Waals surface area contributed by atoms with Gasteiger partial charge in [0.2, 0.25) is 5.95 Å². The van der Waals surface area contributed by atoms with Crippen molar-refractivity contribution in [3.63, 3.8) is 0 Å². The third kappa shape index (κ3) is 4.38. The number of rotatable bonds is 6. The molecule has 0 aliphatic carbocycles. The van der Waals surface area contributed by atoms with Crippen molar-refractivity contribution in [2.75, 3.05) is 44.2 Å². The summed E-state index contributed by atoms with van der Waals surface area (Å²) in [5.41, 5.74) is 1.80. The molecule has 1 fully saturated rings. The lowest BCUT2D eigenvalue weighted by atomic mass is 10.2. The molecule has 0 bridgehead atoms. The molecule has 138 valence electrons. The van der Waals surface area contributed by atoms with Gasteiger partial charge in [-0.25, -0.2) is 9.97 Å². The molecule has 6 nitrogen and oxygen atoms in total. The normalized spacial score (nSPS) is 15.1. The number of hydrogen-bond donors (Lipinski definition) is 0. The average Bonchev–Trinajstić information content (AvgIpc) is 2.70. The molecule has 1 amide bonds. The van der Waals surface area contributed by atoms with Gasteiger partial charge in [0, 0.05) is 52.0 Å². The Morgan fingerprint density at radius 1 is 1.04 bits per heavy atom. The van der Waals surface area contributed by atoms with Crippen molar-refractivity contribution >= 4 is 11.9 Å². The van der Waals surface area contributed by atoms with E-state index < -0.39 is 0 Å². The van der Waals surface area contributed by atoms with Crippen molar-refractivity contribution in [3.05, 3.63) is 53.9 Å². The lowest BCUT2D eigenvalue weighted by Crippen LogP contribution is -2.48. The third-order valence-electron chi connectivity index (χ3n) is 4.82. The van der Waals surface area contributed by atoms with Crippen molar-refractivity contribution < 1.29 is 4.79 Å². The highest BCUT2D eigenvalue weighted by Crippen LogP contribution is 2.13. The van der Waals surface area contributed by atoms with E-state index in [1.54, 1.807) is 12.3 Å². The van der Waals surface area contributed by atoms with E-state index in [9.17, 15) is 4.79 Å². The fraction of sp³-hybridized carbons (Fsp3) is 0.450. The van der Waals surface area contributed by atoms with Crippen LogP contribution in [0, 0.1) is 0 Å². The van der Waals surface area contributed by atoms with Gasteiger partial charge in [-0.3, -0.25) is 9.69 Å². The molecule has 6 heteroatoms. The number of carbonyl (C=O) groups excluding carboxylic acids is 1. The molecule has 1 aromatic heterocycles. The predicted molar refractivity (Wildman–Crippen MR) is 103 cm³/mol. The second kappa shape index (κ2) is 8.76. The highest BCUT2D eigenvalue weighted by Gasteiger charge is 2.23. The second-order valence-electron chi connectivity index (χ2n) is 6.47. The Morgan fingerprint density at radius 2 is 1.73 bits per heavy atom. The van der Waals surface area contributed by atoms with Crippen LogP contribution < -0.4 is 4.90 Å². The van der Waals surface area contributed by atoms with Gasteiger partial charge in [0.05, 0.1) is 0 Å². The largest absolute Gasteiger partial charge is 0.341 e. The number of hydrogen-bond acceptors (Lipinski definition) is 5. The average molecular weight is 353 g/mol. The van der Waals surface area contributed by atoms with Gasteiger partial charge in [-0.05, 0) is 25.5 Å². The van der Waals surface area contributed by atoms with Crippen LogP contribution in [0.2, 0.25) is 0 Å². The molecule has 0 radical (unpaired) electrons. The highest BCUT2D eigenvalue weighted by molar-refractivity contribution is 5.92. The fourth-order valence-electron chi connectivity index (χ4n) is 3.24. The Labute approximate surface area is 155 Å². The summed E-state index contributed by atoms with van der Waals surface area (Å²) in [5.74, 6) is 0.628. The molecule has 0 N–H and O–H groups in total. The summed E-state index contributed by atoms with van der Waals surface area (Å²) >= 11 is 0. The second-order valence-corrected chi connectivity index (χ2v) is 6.47. The summed E-state index contributed by atoms with van der Waals surface area (Å²) in [4.78, 5) is 27.9. The standard InChI is InChI=1S/C20H27N5O/c1-3-24(4-2)20-21-11-10-18(22-20)19(26)25-14-12-23(13-15-25)16-17-8-6-5-7-9-17/h5-11H,3-4,12-16H2,1-2H3. The number of amides is 1. The minimum absolute atomic E-state index is 0.000155. The zero-order chi connectivity index (χ0) is 18.4. The van der Waals surface area contributed by atoms with Crippen molar-refractivity contribution in [3.8, 4) is 0 Å². The summed E-state index contributed by atoms with van der Waals surface area (Å²) in [6.07, 6.45) is 1.68. The zero-order valence-corrected chi connectivity index (χ0v) is 15.6. The van der Waals surface area contributed by atoms with Crippen LogP contribution >= 0.6 is 0 Å². The smallest absolute Gasteiger partial charge is 0.272 e. The molecule has 0 spiro atoms. The molecule has 1 aliphatic heterocycles. The monoisotopic (exact) mass is 353 g/mol. The van der Waals surface area contributed by atoms with Gasteiger partial charge in [-0.1, -0.05) is 30.3 Å². The van der Waals surface area contributed by atoms with Crippen molar-refractivity contribution in [2.45, 2.75) is 20.4 Å². The van der Waals surface area contributed by atoms with Gasteiger partial charge in [0.1, 0.15) is 5.69 Å². The van der Waals surface area contributed by atoms with Gasteiger partial charge in [-0.2, -0.15) is 0 Å². The quantitative estimate of drug-likeness (QED) is 0.797. The summed E-state index contributed by atoms with van der Waals surface area (Å²) < 4.78 is 0. The first-order chi connectivity index (χ1) is 12.7. The van der Waals surface area contributed by atoms with Crippen molar-refractivity contribution in [2.24, 2.45) is 0 Å². The maximum Gasteiger partial charge on any atom is 0.272 e. The molecule has 0 atom stereocenters. The molecule has 0 unspecified atom stereocenters. The summed E-state index contributed by atoms with van der Waals surface area (Å²) in [5, 5.41) is 0. The number of benzene rings is 1. The fourth-order valence-corrected chi connectivity index (χ4v) is 3.24. The van der Waals surface area contributed by atoms with E-state index in [1.165, 1.54) is 5.56 Å². The molecule has 1 aromatic carbocycles. The van der Waals surface area contributed by atoms with Crippen LogP contribution in [0.4, 0.5) is 5.95 Å². The van der Waals surface area contributed by atoms with E-state index in [-0.39, 0.29) is 5.91 Å². The van der Waals surface area contributed by atoms with Crippen LogP contribution in [0.25, 0.3) is 0 Å². The van der Waals surface area contributed by atoms with E-state index in [4.69, 9.17) is 0 Å². The lowest BCUT2D eigenvalue weighted by molar-refractivity contribution is 0.0622. The van der Waals surface area contributed by atoms with Crippen molar-refractivity contribution in [1.29, 1.82) is 0 Å². The van der Waals surface area contributed by atoms with Gasteiger partial charge in [-0.15, -0.1) is 0 Å². The molecular weight excluding hydrogens is 326 g/mol. The number of anilines is 1. The first-order valence-corrected chi connectivity index (χ1v) is 9.34. The SMILES string of the molecule is CCN(CC)c1nccc(C(=O)N2CCN(Cc3ccccc3)CC2)n1. The maximum absolute atomic E-state index is 12.8. The molecular formula is C20H27N5O. The first-order valence-electron chi connectivity index (χ1n) is 9.34. The predicted octanol–water partition coefficient (Wildman–Crippen LogP) is 2.28. The number of piperazine rings is 1. The lowest BCUT2D eigenvalue weighted by Gasteiger charge is -2.34. The molecule has 3 rings (SSSR count). The van der Waals surface area contributed by atoms with E-state index >= 15 is 0 Å². The number of nitrogens with zero attached hydrogens (tertiary/aromatic N) is 5. The summed E-state index contributed by atoms with van der Waals surface area (Å²) in [6, 6.07) is 12.2. The number of carbonyl (C=O) groups is 1. The molecule has 26 heavy (non-hydrogen) atoms. The van der Waals surface area contributed by atoms with Gasteiger partial charge in [0.25, 0.3) is 5.91 Å². The van der Waals surface area contributed by atoms with Crippen LogP contribution in [-0.4, -0.2) is 64.9 Å². The molecule has 2 aromatic rings. The first kappa shape index (κ1) is 18.3. The molecule has 0 saturated carbocycles. The Balaban J connectivity index is 1.59. The molecule has 2 heterocycles. The van der Waals surface area contributed by atoms with Gasteiger partial charge >= 0.3 is 0 Å². The van der Waals surface area contributed by atoms with Gasteiger partial charge < -0.3 is 9.80 Å². The zero-order valence-electron chi connectivity index (χ0n) is 15.6. The molecule has 1 aliphatic rings. The Morgan fingerprint density at radius 3 is 2.38 bits per heavy atom. The van der Waals surface area contributed by atoms with E-state index in [1.807, 2.05) is 11.0 Å². The topological polar surface area (TPSA) is 52.6 Å². The summed E-state index contributed by atoms with van der Waals surface area (Å²) in [6.45, 7) is 9.94.